The zero-order valence-corrected chi connectivity index (χ0v) is 11.1. The predicted molar refractivity (Wildman–Crippen MR) is 71.6 cm³/mol. The highest BCUT2D eigenvalue weighted by Gasteiger charge is 2.10. The number of ether oxygens (including phenoxy) is 2. The minimum atomic E-state index is -0.0158. The fraction of sp³-hybridized carbons (Fsp3) is 0.214. The van der Waals surface area contributed by atoms with Crippen molar-refractivity contribution in [2.24, 2.45) is 0 Å². The Kier molecular flexibility index (Phi) is 3.99. The van der Waals surface area contributed by atoms with Gasteiger partial charge < -0.3 is 9.47 Å². The minimum Gasteiger partial charge on any atom is -0.497 e. The third-order valence-electron chi connectivity index (χ3n) is 2.54. The van der Waals surface area contributed by atoms with Crippen molar-refractivity contribution in [2.45, 2.75) is 13.5 Å². The zero-order chi connectivity index (χ0) is 13.0. The highest BCUT2D eigenvalue weighted by Crippen LogP contribution is 2.26. The summed E-state index contributed by atoms with van der Waals surface area (Å²) in [5, 5.41) is 4.02. The maximum atomic E-state index is 11.5. The first-order valence-corrected chi connectivity index (χ1v) is 6.48. The van der Waals surface area contributed by atoms with Gasteiger partial charge in [0, 0.05) is 6.07 Å². The Morgan fingerprint density at radius 3 is 2.78 bits per heavy atom. The molecule has 0 aliphatic rings. The van der Waals surface area contributed by atoms with Gasteiger partial charge in [-0.25, -0.2) is 0 Å². The van der Waals surface area contributed by atoms with Gasteiger partial charge in [0.2, 0.25) is 0 Å². The molecule has 0 atom stereocenters. The molecule has 0 radical (unpaired) electrons. The summed E-state index contributed by atoms with van der Waals surface area (Å²) < 4.78 is 10.8. The summed E-state index contributed by atoms with van der Waals surface area (Å²) in [6, 6.07) is 7.22. The van der Waals surface area contributed by atoms with E-state index >= 15 is 0 Å². The first-order chi connectivity index (χ1) is 8.70. The van der Waals surface area contributed by atoms with Gasteiger partial charge in [0.25, 0.3) is 0 Å². The maximum absolute atomic E-state index is 11.5. The predicted octanol–water partition coefficient (Wildman–Crippen LogP) is 3.54. The second kappa shape index (κ2) is 5.69. The fourth-order valence-corrected chi connectivity index (χ4v) is 2.23. The lowest BCUT2D eigenvalue weighted by Crippen LogP contribution is -2.01. The molecule has 0 aliphatic carbocycles. The van der Waals surface area contributed by atoms with Gasteiger partial charge in [-0.15, -0.1) is 0 Å². The largest absolute Gasteiger partial charge is 0.497 e. The molecular weight excluding hydrogens is 248 g/mol. The molecule has 0 saturated carbocycles. The number of ketones is 1. The van der Waals surface area contributed by atoms with Crippen LogP contribution in [0.4, 0.5) is 0 Å². The standard InChI is InChI=1S/C14H14O3S/c1-10(15)13-4-3-12(16-2)7-14(13)17-8-11-5-6-18-9-11/h3-7,9H,8H2,1-2H3. The molecule has 0 amide bonds. The normalized spacial score (nSPS) is 10.1. The summed E-state index contributed by atoms with van der Waals surface area (Å²) in [5.74, 6) is 1.23. The van der Waals surface area contributed by atoms with Gasteiger partial charge in [-0.2, -0.15) is 11.3 Å². The van der Waals surface area contributed by atoms with Crippen LogP contribution in [0.1, 0.15) is 22.8 Å². The van der Waals surface area contributed by atoms with E-state index in [0.29, 0.717) is 23.7 Å². The molecule has 0 bridgehead atoms. The highest BCUT2D eigenvalue weighted by molar-refractivity contribution is 7.07. The fourth-order valence-electron chi connectivity index (χ4n) is 1.58. The topological polar surface area (TPSA) is 35.5 Å². The number of methoxy groups -OCH3 is 1. The van der Waals surface area contributed by atoms with Gasteiger partial charge in [-0.3, -0.25) is 4.79 Å². The number of carbonyl (C=O) groups is 1. The van der Waals surface area contributed by atoms with Crippen LogP contribution in [0.5, 0.6) is 11.5 Å². The Morgan fingerprint density at radius 1 is 1.33 bits per heavy atom. The Bertz CT molecular complexity index is 532. The average Bonchev–Trinajstić information content (AvgIpc) is 2.88. The van der Waals surface area contributed by atoms with Crippen LogP contribution >= 0.6 is 11.3 Å². The third-order valence-corrected chi connectivity index (χ3v) is 3.27. The van der Waals surface area contributed by atoms with Gasteiger partial charge in [0.15, 0.2) is 5.78 Å². The molecule has 1 aromatic heterocycles. The zero-order valence-electron chi connectivity index (χ0n) is 10.3. The monoisotopic (exact) mass is 262 g/mol. The molecule has 2 aromatic rings. The molecule has 1 heterocycles. The van der Waals surface area contributed by atoms with Crippen LogP contribution < -0.4 is 9.47 Å². The van der Waals surface area contributed by atoms with E-state index in [0.717, 1.165) is 5.56 Å². The van der Waals surface area contributed by atoms with Crippen LogP contribution in [0.25, 0.3) is 0 Å². The first kappa shape index (κ1) is 12.6. The summed E-state index contributed by atoms with van der Waals surface area (Å²) in [5.41, 5.74) is 1.67. The van der Waals surface area contributed by atoms with Crippen LogP contribution in [0.3, 0.4) is 0 Å². The lowest BCUT2D eigenvalue weighted by Gasteiger charge is -2.10. The molecule has 0 N–H and O–H groups in total. The molecule has 94 valence electrons. The lowest BCUT2D eigenvalue weighted by atomic mass is 10.1. The molecule has 0 unspecified atom stereocenters. The average molecular weight is 262 g/mol. The number of Topliss-reactive ketones (excluding diaryl/α,β-unsaturated/α-hetero) is 1. The van der Waals surface area contributed by atoms with E-state index in [1.807, 2.05) is 16.8 Å². The number of hydrogen-bond donors (Lipinski definition) is 0. The molecular formula is C14H14O3S. The van der Waals surface area contributed by atoms with Crippen molar-refractivity contribution in [3.8, 4) is 11.5 Å². The molecule has 2 rings (SSSR count). The molecule has 3 nitrogen and oxygen atoms in total. The second-order valence-electron chi connectivity index (χ2n) is 3.84. The van der Waals surface area contributed by atoms with E-state index in [4.69, 9.17) is 9.47 Å². The molecule has 1 aromatic carbocycles. The van der Waals surface area contributed by atoms with Crippen LogP contribution in [0, 0.1) is 0 Å². The second-order valence-corrected chi connectivity index (χ2v) is 4.62. The Balaban J connectivity index is 2.20. The number of carbonyl (C=O) groups excluding carboxylic acids is 1. The summed E-state index contributed by atoms with van der Waals surface area (Å²) in [7, 11) is 1.59. The molecule has 18 heavy (non-hydrogen) atoms. The number of hydrogen-bond acceptors (Lipinski definition) is 4. The van der Waals surface area contributed by atoms with E-state index in [1.165, 1.54) is 6.92 Å². The van der Waals surface area contributed by atoms with Crippen LogP contribution in [-0.4, -0.2) is 12.9 Å². The van der Waals surface area contributed by atoms with Gasteiger partial charge in [-0.1, -0.05) is 0 Å². The molecule has 0 fully saturated rings. The quantitative estimate of drug-likeness (QED) is 0.773. The summed E-state index contributed by atoms with van der Waals surface area (Å²) >= 11 is 1.62. The van der Waals surface area contributed by atoms with Gasteiger partial charge in [-0.05, 0) is 41.4 Å². The molecule has 4 heteroatoms. The molecule has 0 spiro atoms. The molecule has 0 aliphatic heterocycles. The van der Waals surface area contributed by atoms with E-state index in [1.54, 1.807) is 36.6 Å². The van der Waals surface area contributed by atoms with Crippen molar-refractivity contribution < 1.29 is 14.3 Å². The van der Waals surface area contributed by atoms with Crippen molar-refractivity contribution >= 4 is 17.1 Å². The Labute approximate surface area is 110 Å². The van der Waals surface area contributed by atoms with E-state index in [9.17, 15) is 4.79 Å². The van der Waals surface area contributed by atoms with E-state index in [-0.39, 0.29) is 5.78 Å². The first-order valence-electron chi connectivity index (χ1n) is 5.53. The van der Waals surface area contributed by atoms with Crippen LogP contribution in [0.15, 0.2) is 35.0 Å². The number of thiophene rings is 1. The third kappa shape index (κ3) is 2.90. The summed E-state index contributed by atoms with van der Waals surface area (Å²) in [6.07, 6.45) is 0. The van der Waals surface area contributed by atoms with Crippen LogP contribution in [0.2, 0.25) is 0 Å². The van der Waals surface area contributed by atoms with Gasteiger partial charge in [0.1, 0.15) is 18.1 Å². The maximum Gasteiger partial charge on any atom is 0.163 e. The Hall–Kier alpha value is -1.81. The van der Waals surface area contributed by atoms with Crippen molar-refractivity contribution in [3.05, 3.63) is 46.2 Å². The van der Waals surface area contributed by atoms with Crippen molar-refractivity contribution in [1.29, 1.82) is 0 Å². The van der Waals surface area contributed by atoms with Crippen molar-refractivity contribution in [1.82, 2.24) is 0 Å². The van der Waals surface area contributed by atoms with Crippen molar-refractivity contribution in [3.63, 3.8) is 0 Å². The van der Waals surface area contributed by atoms with Gasteiger partial charge in [0.05, 0.1) is 12.7 Å². The number of benzene rings is 1. The lowest BCUT2D eigenvalue weighted by molar-refractivity contribution is 0.101. The number of rotatable bonds is 5. The SMILES string of the molecule is COc1ccc(C(C)=O)c(OCc2ccsc2)c1. The van der Waals surface area contributed by atoms with Crippen molar-refractivity contribution in [2.75, 3.05) is 7.11 Å². The van der Waals surface area contributed by atoms with E-state index in [2.05, 4.69) is 0 Å². The summed E-state index contributed by atoms with van der Waals surface area (Å²) in [4.78, 5) is 11.5. The molecule has 0 saturated heterocycles. The van der Waals surface area contributed by atoms with Crippen LogP contribution in [-0.2, 0) is 6.61 Å². The minimum absolute atomic E-state index is 0.0158. The highest BCUT2D eigenvalue weighted by atomic mass is 32.1. The Morgan fingerprint density at radius 2 is 2.17 bits per heavy atom. The summed E-state index contributed by atoms with van der Waals surface area (Å²) in [6.45, 7) is 1.98. The van der Waals surface area contributed by atoms with Gasteiger partial charge >= 0.3 is 0 Å². The smallest absolute Gasteiger partial charge is 0.163 e. The van der Waals surface area contributed by atoms with E-state index < -0.39 is 0 Å².